The standard InChI is InChI=1S/C10H14O4/c1-6-4-5-7(9(11)13-2)8(6)10(12)14-3/h7-8H,1,4-5H2,2-3H3. The van der Waals surface area contributed by atoms with E-state index in [0.29, 0.717) is 12.8 Å². The van der Waals surface area contributed by atoms with Crippen molar-refractivity contribution in [2.24, 2.45) is 11.8 Å². The van der Waals surface area contributed by atoms with Crippen LogP contribution in [0.3, 0.4) is 0 Å². The van der Waals surface area contributed by atoms with Crippen LogP contribution in [0.25, 0.3) is 0 Å². The van der Waals surface area contributed by atoms with Crippen LogP contribution in [-0.4, -0.2) is 26.2 Å². The first kappa shape index (κ1) is 10.8. The largest absolute Gasteiger partial charge is 0.469 e. The van der Waals surface area contributed by atoms with Gasteiger partial charge in [0.2, 0.25) is 0 Å². The van der Waals surface area contributed by atoms with Gasteiger partial charge in [0.1, 0.15) is 0 Å². The summed E-state index contributed by atoms with van der Waals surface area (Å²) in [6.07, 6.45) is 1.30. The molecule has 14 heavy (non-hydrogen) atoms. The normalized spacial score (nSPS) is 26.0. The van der Waals surface area contributed by atoms with Gasteiger partial charge in [-0.2, -0.15) is 0 Å². The molecule has 0 amide bonds. The number of carbonyl (C=O) groups excluding carboxylic acids is 2. The van der Waals surface area contributed by atoms with Gasteiger partial charge >= 0.3 is 11.9 Å². The third-order valence-electron chi connectivity index (χ3n) is 2.58. The Balaban J connectivity index is 2.81. The van der Waals surface area contributed by atoms with Gasteiger partial charge in [0.05, 0.1) is 26.1 Å². The average Bonchev–Trinajstić information content (AvgIpc) is 2.58. The molecule has 1 aliphatic carbocycles. The minimum Gasteiger partial charge on any atom is -0.469 e. The summed E-state index contributed by atoms with van der Waals surface area (Å²) in [5.74, 6) is -1.70. The number of rotatable bonds is 2. The lowest BCUT2D eigenvalue weighted by Crippen LogP contribution is -2.28. The van der Waals surface area contributed by atoms with Crippen molar-refractivity contribution < 1.29 is 19.1 Å². The predicted molar refractivity (Wildman–Crippen MR) is 49.4 cm³/mol. The van der Waals surface area contributed by atoms with Gasteiger partial charge in [-0.3, -0.25) is 9.59 Å². The molecule has 1 saturated carbocycles. The molecule has 0 aliphatic heterocycles. The lowest BCUT2D eigenvalue weighted by Gasteiger charge is -2.15. The molecule has 2 unspecified atom stereocenters. The molecule has 78 valence electrons. The van der Waals surface area contributed by atoms with Gasteiger partial charge in [-0.15, -0.1) is 0 Å². The Morgan fingerprint density at radius 2 is 1.86 bits per heavy atom. The van der Waals surface area contributed by atoms with E-state index in [1.807, 2.05) is 0 Å². The molecule has 0 aromatic carbocycles. The fourth-order valence-corrected chi connectivity index (χ4v) is 1.81. The summed E-state index contributed by atoms with van der Waals surface area (Å²) in [4.78, 5) is 22.7. The number of carbonyl (C=O) groups is 2. The predicted octanol–water partition coefficient (Wildman–Crippen LogP) is 0.915. The molecule has 0 N–H and O–H groups in total. The van der Waals surface area contributed by atoms with Crippen LogP contribution in [0.15, 0.2) is 12.2 Å². The summed E-state index contributed by atoms with van der Waals surface area (Å²) >= 11 is 0. The number of methoxy groups -OCH3 is 2. The minimum atomic E-state index is -0.521. The van der Waals surface area contributed by atoms with Crippen LogP contribution < -0.4 is 0 Å². The second-order valence-corrected chi connectivity index (χ2v) is 3.33. The number of ether oxygens (including phenoxy) is 2. The van der Waals surface area contributed by atoms with Gasteiger partial charge in [-0.25, -0.2) is 0 Å². The summed E-state index contributed by atoms with van der Waals surface area (Å²) in [6.45, 7) is 3.76. The SMILES string of the molecule is C=C1CCC(C(=O)OC)C1C(=O)OC. The molecule has 2 atom stereocenters. The fraction of sp³-hybridized carbons (Fsp3) is 0.600. The Kier molecular flexibility index (Phi) is 3.28. The van der Waals surface area contributed by atoms with E-state index in [2.05, 4.69) is 16.1 Å². The average molecular weight is 198 g/mol. The smallest absolute Gasteiger partial charge is 0.313 e. The van der Waals surface area contributed by atoms with Crippen molar-refractivity contribution >= 4 is 11.9 Å². The third-order valence-corrected chi connectivity index (χ3v) is 2.58. The van der Waals surface area contributed by atoms with Crippen LogP contribution in [0.5, 0.6) is 0 Å². The highest BCUT2D eigenvalue weighted by atomic mass is 16.5. The number of hydrogen-bond donors (Lipinski definition) is 0. The highest BCUT2D eigenvalue weighted by molar-refractivity contribution is 5.85. The molecule has 0 spiro atoms. The van der Waals surface area contributed by atoms with E-state index in [1.54, 1.807) is 0 Å². The molecular weight excluding hydrogens is 184 g/mol. The highest BCUT2D eigenvalue weighted by Crippen LogP contribution is 2.36. The van der Waals surface area contributed by atoms with Gasteiger partial charge in [0, 0.05) is 0 Å². The molecule has 0 aromatic heterocycles. The van der Waals surface area contributed by atoms with E-state index in [-0.39, 0.29) is 5.97 Å². The monoisotopic (exact) mass is 198 g/mol. The minimum absolute atomic E-state index is 0.362. The summed E-state index contributed by atoms with van der Waals surface area (Å²) in [5.41, 5.74) is 0.757. The zero-order valence-electron chi connectivity index (χ0n) is 8.41. The maximum absolute atomic E-state index is 11.4. The molecule has 0 aromatic rings. The van der Waals surface area contributed by atoms with Gasteiger partial charge in [-0.05, 0) is 12.8 Å². The van der Waals surface area contributed by atoms with Crippen LogP contribution in [0.1, 0.15) is 12.8 Å². The van der Waals surface area contributed by atoms with Crippen LogP contribution in [-0.2, 0) is 19.1 Å². The molecule has 1 rings (SSSR count). The van der Waals surface area contributed by atoms with Crippen molar-refractivity contribution in [2.75, 3.05) is 14.2 Å². The van der Waals surface area contributed by atoms with E-state index in [4.69, 9.17) is 0 Å². The number of esters is 2. The first-order valence-corrected chi connectivity index (χ1v) is 4.45. The zero-order chi connectivity index (χ0) is 10.7. The van der Waals surface area contributed by atoms with Gasteiger partial charge in [-0.1, -0.05) is 12.2 Å². The maximum Gasteiger partial charge on any atom is 0.313 e. The van der Waals surface area contributed by atoms with E-state index in [0.717, 1.165) is 5.57 Å². The van der Waals surface area contributed by atoms with E-state index >= 15 is 0 Å². The lowest BCUT2D eigenvalue weighted by atomic mass is 9.94. The van der Waals surface area contributed by atoms with E-state index < -0.39 is 17.8 Å². The topological polar surface area (TPSA) is 52.6 Å². The van der Waals surface area contributed by atoms with Crippen LogP contribution in [0.4, 0.5) is 0 Å². The summed E-state index contributed by atoms with van der Waals surface area (Å²) in [7, 11) is 2.63. The summed E-state index contributed by atoms with van der Waals surface area (Å²) < 4.78 is 9.24. The summed E-state index contributed by atoms with van der Waals surface area (Å²) in [5, 5.41) is 0. The maximum atomic E-state index is 11.4. The first-order chi connectivity index (χ1) is 6.61. The van der Waals surface area contributed by atoms with Crippen molar-refractivity contribution in [3.8, 4) is 0 Å². The van der Waals surface area contributed by atoms with Crippen LogP contribution in [0.2, 0.25) is 0 Å². The summed E-state index contributed by atoms with van der Waals surface area (Å²) in [6, 6.07) is 0. The molecular formula is C10H14O4. The van der Waals surface area contributed by atoms with Crippen molar-refractivity contribution in [3.63, 3.8) is 0 Å². The van der Waals surface area contributed by atoms with E-state index in [1.165, 1.54) is 14.2 Å². The van der Waals surface area contributed by atoms with Gasteiger partial charge < -0.3 is 9.47 Å². The molecule has 4 heteroatoms. The molecule has 4 nitrogen and oxygen atoms in total. The third kappa shape index (κ3) is 1.78. The van der Waals surface area contributed by atoms with Crippen LogP contribution in [0, 0.1) is 11.8 Å². The number of hydrogen-bond acceptors (Lipinski definition) is 4. The second-order valence-electron chi connectivity index (χ2n) is 3.33. The molecule has 0 bridgehead atoms. The van der Waals surface area contributed by atoms with Crippen LogP contribution >= 0.6 is 0 Å². The first-order valence-electron chi connectivity index (χ1n) is 4.45. The quantitative estimate of drug-likeness (QED) is 0.489. The molecule has 0 saturated heterocycles. The Hall–Kier alpha value is -1.32. The van der Waals surface area contributed by atoms with Crippen molar-refractivity contribution in [2.45, 2.75) is 12.8 Å². The highest BCUT2D eigenvalue weighted by Gasteiger charge is 2.41. The molecule has 0 heterocycles. The van der Waals surface area contributed by atoms with Crippen molar-refractivity contribution in [3.05, 3.63) is 12.2 Å². The fourth-order valence-electron chi connectivity index (χ4n) is 1.81. The Morgan fingerprint density at radius 3 is 2.36 bits per heavy atom. The lowest BCUT2D eigenvalue weighted by molar-refractivity contribution is -0.154. The molecule has 1 fully saturated rings. The second kappa shape index (κ2) is 4.26. The Bertz CT molecular complexity index is 269. The van der Waals surface area contributed by atoms with Gasteiger partial charge in [0.15, 0.2) is 0 Å². The van der Waals surface area contributed by atoms with Crippen molar-refractivity contribution in [1.29, 1.82) is 0 Å². The van der Waals surface area contributed by atoms with Gasteiger partial charge in [0.25, 0.3) is 0 Å². The Labute approximate surface area is 82.9 Å². The molecule has 1 aliphatic rings. The van der Waals surface area contributed by atoms with E-state index in [9.17, 15) is 9.59 Å². The zero-order valence-corrected chi connectivity index (χ0v) is 8.41. The van der Waals surface area contributed by atoms with Crippen molar-refractivity contribution in [1.82, 2.24) is 0 Å². The Morgan fingerprint density at radius 1 is 1.29 bits per heavy atom. The molecule has 0 radical (unpaired) electrons.